The smallest absolute Gasteiger partial charge is 0.234 e. The van der Waals surface area contributed by atoms with Crippen LogP contribution in [0.2, 0.25) is 0 Å². The van der Waals surface area contributed by atoms with Gasteiger partial charge in [-0.1, -0.05) is 26.9 Å². The Morgan fingerprint density at radius 1 is 2.00 bits per heavy atom. The molecular formula is CH3BFIOS. The van der Waals surface area contributed by atoms with Crippen LogP contribution in [0.5, 0.6) is 0 Å². The minimum Gasteiger partial charge on any atom is -0.234 e. The lowest BCUT2D eigenvalue weighted by molar-refractivity contribution is 0.00132. The van der Waals surface area contributed by atoms with Crippen LogP contribution in [-0.2, 0) is 4.86 Å². The fourth-order valence-electron chi connectivity index (χ4n) is 0.0364. The van der Waals surface area contributed by atoms with Crippen molar-refractivity contribution >= 4 is 38.0 Å². The Hall–Kier alpha value is 1.03. The quantitative estimate of drug-likeness (QED) is 0.516. The van der Waals surface area contributed by atoms with Crippen molar-refractivity contribution < 1.29 is 9.39 Å². The SMILES string of the molecule is CSB(I)OF. The molecule has 0 heterocycles. The van der Waals surface area contributed by atoms with Gasteiger partial charge >= 0.3 is 4.05 Å². The summed E-state index contributed by atoms with van der Waals surface area (Å²) in [5, 5.41) is 0. The average molecular weight is 220 g/mol. The molecule has 0 aliphatic rings. The van der Waals surface area contributed by atoms with Gasteiger partial charge in [0.25, 0.3) is 0 Å². The summed E-state index contributed by atoms with van der Waals surface area (Å²) in [7, 11) is 0. The summed E-state index contributed by atoms with van der Waals surface area (Å²) in [6.07, 6.45) is 1.77. The van der Waals surface area contributed by atoms with E-state index in [-0.39, 0.29) is 4.05 Å². The van der Waals surface area contributed by atoms with Gasteiger partial charge in [0.05, 0.1) is 0 Å². The van der Waals surface area contributed by atoms with E-state index in [2.05, 4.69) is 4.86 Å². The van der Waals surface area contributed by atoms with Crippen molar-refractivity contribution in [3.05, 3.63) is 0 Å². The molecule has 0 unspecified atom stereocenters. The Bertz CT molecular complexity index is 34.7. The van der Waals surface area contributed by atoms with Crippen LogP contribution in [0.3, 0.4) is 0 Å². The lowest BCUT2D eigenvalue weighted by atomic mass is 10.6. The number of hydrogen-bond donors (Lipinski definition) is 0. The van der Waals surface area contributed by atoms with Gasteiger partial charge in [0.1, 0.15) is 0 Å². The van der Waals surface area contributed by atoms with Gasteiger partial charge in [-0.2, -0.15) is 11.6 Å². The standard InChI is InChI=1S/CH3BFIOS/c1-6-2(4)5-3/h1H3. The predicted octanol–water partition coefficient (Wildman–Crippen LogP) is 1.67. The highest BCUT2D eigenvalue weighted by atomic mass is 127. The normalized spacial score (nSPS) is 8.50. The highest BCUT2D eigenvalue weighted by Crippen LogP contribution is 2.09. The van der Waals surface area contributed by atoms with E-state index in [0.717, 1.165) is 0 Å². The van der Waals surface area contributed by atoms with E-state index in [0.29, 0.717) is 0 Å². The van der Waals surface area contributed by atoms with Crippen molar-refractivity contribution in [3.8, 4) is 0 Å². The van der Waals surface area contributed by atoms with E-state index in [9.17, 15) is 4.53 Å². The molecule has 0 aromatic heterocycles. The molecule has 5 heteroatoms. The van der Waals surface area contributed by atoms with Crippen molar-refractivity contribution in [2.45, 2.75) is 0 Å². The van der Waals surface area contributed by atoms with E-state index in [1.54, 1.807) is 6.26 Å². The molecule has 0 bridgehead atoms. The Kier molecular flexibility index (Phi) is 4.93. The fraction of sp³-hybridized carbons (Fsp3) is 1.00. The molecule has 0 aliphatic carbocycles. The van der Waals surface area contributed by atoms with Crippen molar-refractivity contribution in [2.75, 3.05) is 6.26 Å². The summed E-state index contributed by atoms with van der Waals surface area (Å²) in [6, 6.07) is 0. The predicted molar refractivity (Wildman–Crippen MR) is 35.5 cm³/mol. The maximum absolute atomic E-state index is 10.9. The van der Waals surface area contributed by atoms with Gasteiger partial charge in [-0.05, 0) is 6.26 Å². The average Bonchev–Trinajstić information content (AvgIpc) is 1.65. The van der Waals surface area contributed by atoms with Crippen LogP contribution in [-0.4, -0.2) is 10.3 Å². The molecular weight excluding hydrogens is 217 g/mol. The van der Waals surface area contributed by atoms with E-state index >= 15 is 0 Å². The Balaban J connectivity index is 2.75. The molecule has 0 saturated heterocycles. The van der Waals surface area contributed by atoms with Gasteiger partial charge < -0.3 is 0 Å². The maximum Gasteiger partial charge on any atom is 0.479 e. The fourth-order valence-corrected chi connectivity index (χ4v) is 0.109. The van der Waals surface area contributed by atoms with E-state index < -0.39 is 0 Å². The Morgan fingerprint density at radius 3 is 2.50 bits per heavy atom. The third-order valence-electron chi connectivity index (χ3n) is 0.255. The molecule has 0 fully saturated rings. The van der Waals surface area contributed by atoms with Gasteiger partial charge in [-0.25, -0.2) is 4.86 Å². The largest absolute Gasteiger partial charge is 0.479 e. The molecule has 0 spiro atoms. The molecule has 0 radical (unpaired) electrons. The monoisotopic (exact) mass is 220 g/mol. The summed E-state index contributed by atoms with van der Waals surface area (Å²) >= 11 is 3.15. The van der Waals surface area contributed by atoms with Crippen LogP contribution in [0, 0.1) is 0 Å². The first-order valence-corrected chi connectivity index (χ1v) is 3.79. The molecule has 0 aromatic rings. The first kappa shape index (κ1) is 7.03. The number of rotatable bonds is 2. The van der Waals surface area contributed by atoms with Gasteiger partial charge in [0.15, 0.2) is 0 Å². The second-order valence-electron chi connectivity index (χ2n) is 0.599. The summed E-state index contributed by atoms with van der Waals surface area (Å²) < 4.78 is 10.5. The lowest BCUT2D eigenvalue weighted by Crippen LogP contribution is -1.93. The van der Waals surface area contributed by atoms with E-state index in [1.807, 2.05) is 22.4 Å². The van der Waals surface area contributed by atoms with Crippen LogP contribution >= 0.6 is 34.0 Å². The zero-order chi connectivity index (χ0) is 4.99. The summed E-state index contributed by atoms with van der Waals surface area (Å²) in [4.78, 5) is 3.35. The molecule has 6 heavy (non-hydrogen) atoms. The molecule has 1 nitrogen and oxygen atoms in total. The van der Waals surface area contributed by atoms with Crippen molar-refractivity contribution in [1.82, 2.24) is 0 Å². The summed E-state index contributed by atoms with van der Waals surface area (Å²) in [6.45, 7) is 0. The number of halogens is 2. The zero-order valence-corrected chi connectivity index (χ0v) is 6.12. The highest BCUT2D eigenvalue weighted by Gasteiger charge is 2.06. The second kappa shape index (κ2) is 4.20. The van der Waals surface area contributed by atoms with Crippen LogP contribution in [0.1, 0.15) is 0 Å². The molecule has 0 aliphatic heterocycles. The van der Waals surface area contributed by atoms with Gasteiger partial charge in [0, 0.05) is 0 Å². The topological polar surface area (TPSA) is 9.23 Å². The maximum atomic E-state index is 10.9. The summed E-state index contributed by atoms with van der Waals surface area (Å²) in [5.41, 5.74) is 0. The van der Waals surface area contributed by atoms with Gasteiger partial charge in [-0.15, -0.1) is 0 Å². The van der Waals surface area contributed by atoms with Crippen molar-refractivity contribution in [1.29, 1.82) is 0 Å². The molecule has 0 saturated carbocycles. The molecule has 0 N–H and O–H groups in total. The molecule has 0 atom stereocenters. The van der Waals surface area contributed by atoms with Crippen LogP contribution < -0.4 is 0 Å². The Morgan fingerprint density at radius 2 is 2.50 bits per heavy atom. The Labute approximate surface area is 53.8 Å². The molecule has 0 rings (SSSR count). The number of hydrogen-bond acceptors (Lipinski definition) is 2. The van der Waals surface area contributed by atoms with Crippen molar-refractivity contribution in [3.63, 3.8) is 0 Å². The van der Waals surface area contributed by atoms with E-state index in [1.165, 1.54) is 11.6 Å². The minimum absolute atomic E-state index is 0.345. The third-order valence-corrected chi connectivity index (χ3v) is 2.42. The minimum atomic E-state index is -0.345. The van der Waals surface area contributed by atoms with Gasteiger partial charge in [-0.3, -0.25) is 0 Å². The lowest BCUT2D eigenvalue weighted by Gasteiger charge is -1.87. The molecule has 0 aromatic carbocycles. The van der Waals surface area contributed by atoms with Crippen LogP contribution in [0.15, 0.2) is 0 Å². The zero-order valence-electron chi connectivity index (χ0n) is 3.15. The first-order chi connectivity index (χ1) is 2.81. The highest BCUT2D eigenvalue weighted by molar-refractivity contribution is 14.1. The first-order valence-electron chi connectivity index (χ1n) is 1.25. The summed E-state index contributed by atoms with van der Waals surface area (Å²) in [5.74, 6) is 0. The van der Waals surface area contributed by atoms with E-state index in [4.69, 9.17) is 0 Å². The van der Waals surface area contributed by atoms with Crippen LogP contribution in [0.4, 0.5) is 4.53 Å². The molecule has 36 valence electrons. The van der Waals surface area contributed by atoms with Crippen LogP contribution in [0.25, 0.3) is 0 Å². The third kappa shape index (κ3) is 3.23. The second-order valence-corrected chi connectivity index (χ2v) is 3.48. The van der Waals surface area contributed by atoms with Crippen molar-refractivity contribution in [2.24, 2.45) is 0 Å². The molecule has 0 amide bonds. The van der Waals surface area contributed by atoms with Gasteiger partial charge in [0.2, 0.25) is 0 Å².